The van der Waals surface area contributed by atoms with E-state index in [-0.39, 0.29) is 11.2 Å². The summed E-state index contributed by atoms with van der Waals surface area (Å²) < 4.78 is 5.74. The summed E-state index contributed by atoms with van der Waals surface area (Å²) in [5.74, 6) is 0.492. The number of nitrogens with two attached hydrogens (primary N) is 1. The van der Waals surface area contributed by atoms with Crippen LogP contribution in [0.3, 0.4) is 0 Å². The molecule has 0 radical (unpaired) electrons. The van der Waals surface area contributed by atoms with E-state index in [1.165, 1.54) is 11.8 Å². The number of aliphatic hydroxyl groups excluding tert-OH is 1. The molecule has 0 bridgehead atoms. The van der Waals surface area contributed by atoms with Crippen LogP contribution in [-0.2, 0) is 17.6 Å². The zero-order valence-corrected chi connectivity index (χ0v) is 15.3. The predicted molar refractivity (Wildman–Crippen MR) is 101 cm³/mol. The first-order chi connectivity index (χ1) is 12.0. The molecule has 1 amide bonds. The number of hydrogen-bond donors (Lipinski definition) is 2. The number of benzene rings is 1. The van der Waals surface area contributed by atoms with E-state index in [4.69, 9.17) is 10.5 Å². The second-order valence-corrected chi connectivity index (χ2v) is 6.87. The predicted octanol–water partition coefficient (Wildman–Crippen LogP) is 2.52. The van der Waals surface area contributed by atoms with Gasteiger partial charge >= 0.3 is 0 Å². The minimum atomic E-state index is -0.503. The van der Waals surface area contributed by atoms with E-state index >= 15 is 0 Å². The van der Waals surface area contributed by atoms with Gasteiger partial charge in [-0.2, -0.15) is 11.8 Å². The number of carbonyl (C=O) groups is 1. The maximum Gasteiger partial charge on any atom is 0.230 e. The van der Waals surface area contributed by atoms with Crippen molar-refractivity contribution in [3.63, 3.8) is 0 Å². The van der Waals surface area contributed by atoms with Crippen molar-refractivity contribution in [2.45, 2.75) is 31.1 Å². The Hall–Kier alpha value is -2.05. The summed E-state index contributed by atoms with van der Waals surface area (Å²) >= 11 is 1.46. The number of hydrogen-bond acceptors (Lipinski definition) is 5. The van der Waals surface area contributed by atoms with Crippen LogP contribution < -0.4 is 10.5 Å². The first-order valence-electron chi connectivity index (χ1n) is 8.16. The van der Waals surface area contributed by atoms with Crippen molar-refractivity contribution in [1.82, 2.24) is 4.98 Å². The van der Waals surface area contributed by atoms with Crippen molar-refractivity contribution in [2.75, 3.05) is 12.9 Å². The zero-order chi connectivity index (χ0) is 18.2. The Morgan fingerprint density at radius 1 is 1.28 bits per heavy atom. The molecule has 0 spiro atoms. The van der Waals surface area contributed by atoms with E-state index in [1.807, 2.05) is 42.7 Å². The van der Waals surface area contributed by atoms with Gasteiger partial charge in [0, 0.05) is 18.3 Å². The third-order valence-electron chi connectivity index (χ3n) is 3.90. The molecule has 1 aromatic heterocycles. The lowest BCUT2D eigenvalue weighted by Gasteiger charge is -2.11. The first kappa shape index (κ1) is 19.3. The molecule has 0 fully saturated rings. The van der Waals surface area contributed by atoms with E-state index in [1.54, 1.807) is 13.1 Å². The van der Waals surface area contributed by atoms with Crippen molar-refractivity contribution in [2.24, 2.45) is 5.73 Å². The Balaban J connectivity index is 1.82. The largest absolute Gasteiger partial charge is 0.493 e. The van der Waals surface area contributed by atoms with E-state index < -0.39 is 6.10 Å². The summed E-state index contributed by atoms with van der Waals surface area (Å²) in [5, 5.41) is 9.26. The van der Waals surface area contributed by atoms with Gasteiger partial charge in [-0.15, -0.1) is 0 Å². The lowest BCUT2D eigenvalue weighted by molar-refractivity contribution is -0.117. The highest BCUT2D eigenvalue weighted by molar-refractivity contribution is 7.99. The molecule has 1 heterocycles. The van der Waals surface area contributed by atoms with Crippen molar-refractivity contribution in [1.29, 1.82) is 0 Å². The van der Waals surface area contributed by atoms with Gasteiger partial charge in [-0.1, -0.05) is 18.2 Å². The summed E-state index contributed by atoms with van der Waals surface area (Å²) in [6.45, 7) is 2.24. The summed E-state index contributed by atoms with van der Waals surface area (Å²) in [7, 11) is 0. The van der Waals surface area contributed by atoms with Crippen LogP contribution in [-0.4, -0.2) is 34.1 Å². The lowest BCUT2D eigenvalue weighted by atomic mass is 10.1. The van der Waals surface area contributed by atoms with Crippen molar-refractivity contribution < 1.29 is 14.6 Å². The second-order valence-electron chi connectivity index (χ2n) is 5.83. The molecule has 3 N–H and O–H groups in total. The number of primary amides is 1. The summed E-state index contributed by atoms with van der Waals surface area (Å²) in [5.41, 5.74) is 8.15. The molecule has 0 aliphatic heterocycles. The van der Waals surface area contributed by atoms with Crippen LogP contribution in [0.15, 0.2) is 42.6 Å². The van der Waals surface area contributed by atoms with Crippen LogP contribution in [0.1, 0.15) is 29.8 Å². The fourth-order valence-corrected chi connectivity index (χ4v) is 2.93. The smallest absolute Gasteiger partial charge is 0.230 e. The molecule has 0 saturated heterocycles. The minimum Gasteiger partial charge on any atom is -0.493 e. The fraction of sp³-hybridized carbons (Fsp3) is 0.368. The number of rotatable bonds is 9. The molecule has 2 aromatic rings. The van der Waals surface area contributed by atoms with E-state index in [0.29, 0.717) is 19.4 Å². The Morgan fingerprint density at radius 2 is 2.00 bits per heavy atom. The van der Waals surface area contributed by atoms with Gasteiger partial charge in [-0.3, -0.25) is 9.78 Å². The normalized spacial score (nSPS) is 13.2. The molecule has 0 saturated carbocycles. The average Bonchev–Trinajstić information content (AvgIpc) is 2.61. The molecule has 6 heteroatoms. The number of aromatic nitrogens is 1. The molecule has 0 aliphatic rings. The van der Waals surface area contributed by atoms with Crippen LogP contribution in [0, 0.1) is 0 Å². The van der Waals surface area contributed by atoms with E-state index in [2.05, 4.69) is 4.98 Å². The van der Waals surface area contributed by atoms with Crippen LogP contribution >= 0.6 is 11.8 Å². The monoisotopic (exact) mass is 360 g/mol. The third kappa shape index (κ3) is 6.07. The molecule has 25 heavy (non-hydrogen) atoms. The number of nitrogens with zero attached hydrogens (tertiary/aromatic N) is 1. The maximum atomic E-state index is 11.3. The quantitative estimate of drug-likeness (QED) is 0.718. The summed E-state index contributed by atoms with van der Waals surface area (Å²) in [4.78, 5) is 15.6. The maximum absolute atomic E-state index is 11.3. The molecule has 2 unspecified atom stereocenters. The molecule has 1 aromatic carbocycles. The molecular formula is C19H24N2O3S. The summed E-state index contributed by atoms with van der Waals surface area (Å²) in [6, 6.07) is 11.5. The van der Waals surface area contributed by atoms with Gasteiger partial charge in [0.15, 0.2) is 0 Å². The zero-order valence-electron chi connectivity index (χ0n) is 14.5. The van der Waals surface area contributed by atoms with Crippen LogP contribution in [0.25, 0.3) is 0 Å². The van der Waals surface area contributed by atoms with E-state index in [0.717, 1.165) is 22.6 Å². The van der Waals surface area contributed by atoms with Gasteiger partial charge in [0.05, 0.1) is 18.0 Å². The highest BCUT2D eigenvalue weighted by Gasteiger charge is 2.14. The van der Waals surface area contributed by atoms with Gasteiger partial charge in [-0.25, -0.2) is 0 Å². The van der Waals surface area contributed by atoms with Crippen LogP contribution in [0.2, 0.25) is 0 Å². The third-order valence-corrected chi connectivity index (χ3v) is 4.87. The van der Waals surface area contributed by atoms with Crippen LogP contribution in [0.4, 0.5) is 0 Å². The highest BCUT2D eigenvalue weighted by Crippen LogP contribution is 2.18. The average molecular weight is 360 g/mol. The topological polar surface area (TPSA) is 85.4 Å². The Morgan fingerprint density at radius 3 is 2.52 bits per heavy atom. The van der Waals surface area contributed by atoms with Crippen molar-refractivity contribution in [3.05, 3.63) is 59.4 Å². The van der Waals surface area contributed by atoms with Crippen LogP contribution in [0.5, 0.6) is 5.75 Å². The number of pyridine rings is 1. The van der Waals surface area contributed by atoms with Crippen molar-refractivity contribution in [3.8, 4) is 5.75 Å². The molecular weight excluding hydrogens is 336 g/mol. The Labute approximate surface area is 152 Å². The number of ether oxygens (including phenoxy) is 1. The van der Waals surface area contributed by atoms with Gasteiger partial charge < -0.3 is 15.6 Å². The first-order valence-corrected chi connectivity index (χ1v) is 9.45. The SMILES string of the molecule is CSC(Cc1ccc(OCCc2ccc(C(C)O)cn2)cc1)C(N)=O. The fourth-order valence-electron chi connectivity index (χ4n) is 2.34. The summed E-state index contributed by atoms with van der Waals surface area (Å²) in [6.07, 6.45) is 4.38. The van der Waals surface area contributed by atoms with E-state index in [9.17, 15) is 9.90 Å². The number of thioether (sulfide) groups is 1. The van der Waals surface area contributed by atoms with Crippen molar-refractivity contribution >= 4 is 17.7 Å². The molecule has 134 valence electrons. The van der Waals surface area contributed by atoms with Gasteiger partial charge in [0.2, 0.25) is 5.91 Å². The molecule has 0 aliphatic carbocycles. The van der Waals surface area contributed by atoms with Gasteiger partial charge in [0.1, 0.15) is 5.75 Å². The Kier molecular flexibility index (Phi) is 7.28. The molecule has 2 rings (SSSR count). The number of amides is 1. The van der Waals surface area contributed by atoms with Gasteiger partial charge in [-0.05, 0) is 48.9 Å². The molecule has 5 nitrogen and oxygen atoms in total. The lowest BCUT2D eigenvalue weighted by Crippen LogP contribution is -2.27. The Bertz CT molecular complexity index is 672. The molecule has 2 atom stereocenters. The van der Waals surface area contributed by atoms with Gasteiger partial charge in [0.25, 0.3) is 0 Å². The highest BCUT2D eigenvalue weighted by atomic mass is 32.2. The minimum absolute atomic E-state index is 0.206. The standard InChI is InChI=1S/C19H24N2O3S/c1-13(22)15-5-6-16(21-12-15)9-10-24-17-7-3-14(4-8-17)11-18(25-2)19(20)23/h3-8,12-13,18,22H,9-11H2,1-2H3,(H2,20,23). The second kappa shape index (κ2) is 9.44. The number of carbonyl (C=O) groups excluding carboxylic acids is 1. The number of aliphatic hydroxyl groups is 1.